The van der Waals surface area contributed by atoms with E-state index < -0.39 is 36.1 Å². The molecule has 5 atom stereocenters. The van der Waals surface area contributed by atoms with Crippen LogP contribution in [0, 0.1) is 11.8 Å². The maximum atomic E-state index is 10.8. The average Bonchev–Trinajstić information content (AvgIpc) is 2.62. The molecule has 0 saturated heterocycles. The molecule has 0 amide bonds. The smallest absolute Gasteiger partial charge is 0.303 e. The summed E-state index contributed by atoms with van der Waals surface area (Å²) in [5, 5.41) is 38.3. The maximum Gasteiger partial charge on any atom is 0.303 e. The Labute approximate surface area is 119 Å². The summed E-state index contributed by atoms with van der Waals surface area (Å²) in [5.41, 5.74) is 0. The third-order valence-corrected chi connectivity index (χ3v) is 3.99. The molecule has 5 heteroatoms. The van der Waals surface area contributed by atoms with Crippen molar-refractivity contribution >= 4 is 5.97 Å². The van der Waals surface area contributed by atoms with Crippen molar-refractivity contribution in [3.63, 3.8) is 0 Å². The molecule has 0 aromatic carbocycles. The highest BCUT2D eigenvalue weighted by molar-refractivity contribution is 5.67. The zero-order valence-corrected chi connectivity index (χ0v) is 12.0. The second kappa shape index (κ2) is 8.39. The summed E-state index contributed by atoms with van der Waals surface area (Å²) in [6, 6.07) is 0. The van der Waals surface area contributed by atoms with Gasteiger partial charge in [-0.05, 0) is 6.42 Å². The Kier molecular flexibility index (Phi) is 7.19. The van der Waals surface area contributed by atoms with Crippen LogP contribution in [0.3, 0.4) is 0 Å². The summed E-state index contributed by atoms with van der Waals surface area (Å²) in [5.74, 6) is -1.87. The van der Waals surface area contributed by atoms with E-state index in [1.807, 2.05) is 0 Å². The number of rotatable bonds is 8. The zero-order chi connectivity index (χ0) is 15.1. The van der Waals surface area contributed by atoms with Gasteiger partial charge in [0.15, 0.2) is 0 Å². The van der Waals surface area contributed by atoms with Crippen LogP contribution in [0.1, 0.15) is 45.4 Å². The van der Waals surface area contributed by atoms with Gasteiger partial charge in [0.05, 0.1) is 24.7 Å². The van der Waals surface area contributed by atoms with Crippen LogP contribution in [0.15, 0.2) is 12.2 Å². The molecule has 0 bridgehead atoms. The standard InChI is InChI=1S/C15H26O5/c1-2-3-4-5-10(16)6-7-11-12(8-15(19)20)14(18)9-13(11)17/h6-7,10-14,16-18H,2-5,8-9H2,1H3,(H,19,20)/b7-6+/t10-,11?,12+,13+,14?/m0/s1. The topological polar surface area (TPSA) is 98.0 Å². The molecule has 0 spiro atoms. The number of aliphatic hydroxyl groups is 3. The van der Waals surface area contributed by atoms with Crippen LogP contribution in [0.5, 0.6) is 0 Å². The van der Waals surface area contributed by atoms with E-state index in [9.17, 15) is 20.1 Å². The number of aliphatic hydroxyl groups excluding tert-OH is 3. The van der Waals surface area contributed by atoms with E-state index in [0.717, 1.165) is 19.3 Å². The molecular weight excluding hydrogens is 260 g/mol. The Hall–Kier alpha value is -0.910. The lowest BCUT2D eigenvalue weighted by Crippen LogP contribution is -2.23. The zero-order valence-electron chi connectivity index (χ0n) is 12.0. The van der Waals surface area contributed by atoms with Gasteiger partial charge in [-0.25, -0.2) is 0 Å². The molecule has 1 aliphatic carbocycles. The molecule has 116 valence electrons. The Balaban J connectivity index is 2.55. The Bertz CT molecular complexity index is 328. The average molecular weight is 286 g/mol. The van der Waals surface area contributed by atoms with Crippen molar-refractivity contribution in [1.82, 2.24) is 0 Å². The molecule has 1 aliphatic rings. The van der Waals surface area contributed by atoms with Gasteiger partial charge in [-0.15, -0.1) is 0 Å². The van der Waals surface area contributed by atoms with Crippen molar-refractivity contribution in [2.75, 3.05) is 0 Å². The van der Waals surface area contributed by atoms with Gasteiger partial charge in [0, 0.05) is 18.3 Å². The number of aliphatic carboxylic acids is 1. The molecule has 4 N–H and O–H groups in total. The first-order valence-corrected chi connectivity index (χ1v) is 7.40. The summed E-state index contributed by atoms with van der Waals surface area (Å²) in [7, 11) is 0. The van der Waals surface area contributed by atoms with E-state index >= 15 is 0 Å². The number of unbranched alkanes of at least 4 members (excludes halogenated alkanes) is 2. The van der Waals surface area contributed by atoms with Crippen molar-refractivity contribution in [2.45, 2.75) is 63.8 Å². The second-order valence-electron chi connectivity index (χ2n) is 5.66. The molecule has 5 nitrogen and oxygen atoms in total. The van der Waals surface area contributed by atoms with Crippen LogP contribution >= 0.6 is 0 Å². The van der Waals surface area contributed by atoms with Crippen LogP contribution < -0.4 is 0 Å². The Morgan fingerprint density at radius 2 is 2.00 bits per heavy atom. The van der Waals surface area contributed by atoms with Gasteiger partial charge in [-0.3, -0.25) is 4.79 Å². The first-order chi connectivity index (χ1) is 9.45. The molecule has 20 heavy (non-hydrogen) atoms. The maximum absolute atomic E-state index is 10.8. The summed E-state index contributed by atoms with van der Waals surface area (Å²) in [6.07, 6.45) is 4.97. The monoisotopic (exact) mass is 286 g/mol. The quantitative estimate of drug-likeness (QED) is 0.398. The predicted molar refractivity (Wildman–Crippen MR) is 75.2 cm³/mol. The Morgan fingerprint density at radius 3 is 2.60 bits per heavy atom. The Morgan fingerprint density at radius 1 is 1.30 bits per heavy atom. The fraction of sp³-hybridized carbons (Fsp3) is 0.800. The second-order valence-corrected chi connectivity index (χ2v) is 5.66. The fourth-order valence-electron chi connectivity index (χ4n) is 2.82. The summed E-state index contributed by atoms with van der Waals surface area (Å²) >= 11 is 0. The van der Waals surface area contributed by atoms with Crippen molar-refractivity contribution < 1.29 is 25.2 Å². The minimum Gasteiger partial charge on any atom is -0.481 e. The van der Waals surface area contributed by atoms with E-state index in [-0.39, 0.29) is 12.8 Å². The van der Waals surface area contributed by atoms with E-state index in [4.69, 9.17) is 5.11 Å². The largest absolute Gasteiger partial charge is 0.481 e. The van der Waals surface area contributed by atoms with Gasteiger partial charge < -0.3 is 20.4 Å². The molecule has 1 saturated carbocycles. The van der Waals surface area contributed by atoms with Gasteiger partial charge in [0.25, 0.3) is 0 Å². The van der Waals surface area contributed by atoms with Crippen molar-refractivity contribution in [1.29, 1.82) is 0 Å². The third kappa shape index (κ3) is 5.23. The van der Waals surface area contributed by atoms with E-state index in [1.165, 1.54) is 0 Å². The molecular formula is C15H26O5. The third-order valence-electron chi connectivity index (χ3n) is 3.99. The predicted octanol–water partition coefficient (Wildman–Crippen LogP) is 1.32. The molecule has 0 aromatic rings. The number of hydrogen-bond acceptors (Lipinski definition) is 4. The van der Waals surface area contributed by atoms with Gasteiger partial charge >= 0.3 is 5.97 Å². The molecule has 1 rings (SSSR count). The minimum absolute atomic E-state index is 0.167. The normalized spacial score (nSPS) is 31.8. The summed E-state index contributed by atoms with van der Waals surface area (Å²) in [4.78, 5) is 10.8. The minimum atomic E-state index is -0.981. The molecule has 2 unspecified atom stereocenters. The van der Waals surface area contributed by atoms with E-state index in [0.29, 0.717) is 6.42 Å². The van der Waals surface area contributed by atoms with Crippen LogP contribution in [0.4, 0.5) is 0 Å². The van der Waals surface area contributed by atoms with Gasteiger partial charge in [0.1, 0.15) is 0 Å². The van der Waals surface area contributed by atoms with Crippen LogP contribution in [0.25, 0.3) is 0 Å². The lowest BCUT2D eigenvalue weighted by molar-refractivity contribution is -0.139. The SMILES string of the molecule is CCCCC[C@H](O)/C=C/C1[C@@H](CC(=O)O)C(O)C[C@H]1O. The first-order valence-electron chi connectivity index (χ1n) is 7.40. The van der Waals surface area contributed by atoms with Crippen molar-refractivity contribution in [3.8, 4) is 0 Å². The lowest BCUT2D eigenvalue weighted by atomic mass is 9.90. The van der Waals surface area contributed by atoms with E-state index in [1.54, 1.807) is 12.2 Å². The number of carboxylic acid groups (broad SMARTS) is 1. The molecule has 0 radical (unpaired) electrons. The highest BCUT2D eigenvalue weighted by Crippen LogP contribution is 2.36. The summed E-state index contributed by atoms with van der Waals surface area (Å²) in [6.45, 7) is 2.09. The first kappa shape index (κ1) is 17.1. The lowest BCUT2D eigenvalue weighted by Gasteiger charge is -2.19. The molecule has 0 heterocycles. The molecule has 1 fully saturated rings. The number of hydrogen-bond donors (Lipinski definition) is 4. The van der Waals surface area contributed by atoms with Crippen LogP contribution in [0.2, 0.25) is 0 Å². The van der Waals surface area contributed by atoms with Gasteiger partial charge in [-0.2, -0.15) is 0 Å². The van der Waals surface area contributed by atoms with Crippen molar-refractivity contribution in [2.24, 2.45) is 11.8 Å². The van der Waals surface area contributed by atoms with Crippen LogP contribution in [-0.4, -0.2) is 44.7 Å². The summed E-state index contributed by atoms with van der Waals surface area (Å²) < 4.78 is 0. The number of carbonyl (C=O) groups is 1. The van der Waals surface area contributed by atoms with Crippen LogP contribution in [-0.2, 0) is 4.79 Å². The molecule has 0 aromatic heterocycles. The number of carboxylic acids is 1. The fourth-order valence-corrected chi connectivity index (χ4v) is 2.82. The highest BCUT2D eigenvalue weighted by atomic mass is 16.4. The van der Waals surface area contributed by atoms with Crippen molar-refractivity contribution in [3.05, 3.63) is 12.2 Å². The van der Waals surface area contributed by atoms with Gasteiger partial charge in [0.2, 0.25) is 0 Å². The molecule has 0 aliphatic heterocycles. The highest BCUT2D eigenvalue weighted by Gasteiger charge is 2.41. The van der Waals surface area contributed by atoms with Gasteiger partial charge in [-0.1, -0.05) is 38.3 Å². The van der Waals surface area contributed by atoms with E-state index in [2.05, 4.69) is 6.92 Å².